The molecule has 2 heterocycles. The third kappa shape index (κ3) is 9.40. The average Bonchev–Trinajstić information content (AvgIpc) is 2.92. The fraction of sp³-hybridized carbons (Fsp3) is 0.533. The van der Waals surface area contributed by atoms with Crippen LogP contribution in [0.25, 0.3) is 0 Å². The van der Waals surface area contributed by atoms with E-state index in [2.05, 4.69) is 29.5 Å². The quantitative estimate of drug-likeness (QED) is 0.471. The lowest BCUT2D eigenvalue weighted by molar-refractivity contribution is -0.118. The zero-order valence-corrected chi connectivity index (χ0v) is 23.1. The molecular formula is C30H48FN3O4. The van der Waals surface area contributed by atoms with Gasteiger partial charge in [0, 0.05) is 34.8 Å². The van der Waals surface area contributed by atoms with Crippen molar-refractivity contribution in [2.75, 3.05) is 45.8 Å². The Balaban J connectivity index is 0.00000126. The van der Waals surface area contributed by atoms with Crippen LogP contribution in [0.2, 0.25) is 0 Å². The number of ether oxygens (including phenoxy) is 2. The summed E-state index contributed by atoms with van der Waals surface area (Å²) in [6, 6.07) is 9.93. The highest BCUT2D eigenvalue weighted by Gasteiger charge is 2.27. The highest BCUT2D eigenvalue weighted by atomic mass is 19.1. The first kappa shape index (κ1) is 29.6. The van der Waals surface area contributed by atoms with Gasteiger partial charge in [0.15, 0.2) is 0 Å². The van der Waals surface area contributed by atoms with Crippen LogP contribution in [0, 0.1) is 24.6 Å². The van der Waals surface area contributed by atoms with E-state index in [9.17, 15) is 14.0 Å². The molecule has 2 aromatic rings. The molecule has 0 radical (unpaired) electrons. The van der Waals surface area contributed by atoms with Gasteiger partial charge in [-0.05, 0) is 107 Å². The third-order valence-corrected chi connectivity index (χ3v) is 7.32. The van der Waals surface area contributed by atoms with Crippen molar-refractivity contribution < 1.29 is 27.7 Å². The van der Waals surface area contributed by atoms with Gasteiger partial charge in [-0.2, -0.15) is 0 Å². The molecule has 2 aliphatic heterocycles. The number of benzene rings is 2. The normalized spacial score (nSPS) is 17.6. The van der Waals surface area contributed by atoms with E-state index in [1.807, 2.05) is 13.0 Å². The van der Waals surface area contributed by atoms with Crippen LogP contribution in [0.5, 0.6) is 5.75 Å². The molecule has 0 saturated carbocycles. The van der Waals surface area contributed by atoms with Crippen LogP contribution in [-0.4, -0.2) is 63.2 Å². The van der Waals surface area contributed by atoms with Crippen molar-refractivity contribution in [3.8, 4) is 5.75 Å². The van der Waals surface area contributed by atoms with Crippen molar-refractivity contribution in [1.29, 1.82) is 0 Å². The molecule has 4 rings (SSSR count). The molecule has 2 saturated heterocycles. The molecule has 2 fully saturated rings. The Bertz CT molecular complexity index is 1040. The summed E-state index contributed by atoms with van der Waals surface area (Å²) in [7, 11) is 3.77. The molecule has 2 amide bonds. The van der Waals surface area contributed by atoms with E-state index in [1.165, 1.54) is 50.2 Å². The first-order valence-corrected chi connectivity index (χ1v) is 13.5. The lowest BCUT2D eigenvalue weighted by Crippen LogP contribution is -2.45. The molecule has 7 nitrogen and oxygen atoms in total. The van der Waals surface area contributed by atoms with Gasteiger partial charge in [-0.15, -0.1) is 0 Å². The van der Waals surface area contributed by atoms with E-state index in [-0.39, 0.29) is 16.1 Å². The van der Waals surface area contributed by atoms with Gasteiger partial charge in [0.1, 0.15) is 17.6 Å². The fourth-order valence-electron chi connectivity index (χ4n) is 4.65. The summed E-state index contributed by atoms with van der Waals surface area (Å²) in [6.45, 7) is 8.18. The lowest BCUT2D eigenvalue weighted by Gasteiger charge is -2.27. The molecule has 38 heavy (non-hydrogen) atoms. The molecule has 0 unspecified atom stereocenters. The molecular weight excluding hydrogens is 485 g/mol. The van der Waals surface area contributed by atoms with Gasteiger partial charge in [-0.25, -0.2) is 4.39 Å². The van der Waals surface area contributed by atoms with Crippen LogP contribution in [-0.2, 0) is 9.53 Å². The number of hydrogen-bond donors (Lipinski definition) is 2. The second kappa shape index (κ2) is 14.8. The summed E-state index contributed by atoms with van der Waals surface area (Å²) in [5, 5.41) is 5.69. The predicted octanol–water partition coefficient (Wildman–Crippen LogP) is 5.78. The number of carbonyl (C=O) groups is 2. The van der Waals surface area contributed by atoms with Crippen molar-refractivity contribution in [1.82, 2.24) is 10.2 Å². The van der Waals surface area contributed by atoms with Gasteiger partial charge >= 0.3 is 0 Å². The Labute approximate surface area is 230 Å². The number of methoxy groups -OCH3 is 1. The van der Waals surface area contributed by atoms with Gasteiger partial charge in [0.25, 0.3) is 5.91 Å². The van der Waals surface area contributed by atoms with Gasteiger partial charge in [0.05, 0.1) is 7.11 Å². The summed E-state index contributed by atoms with van der Waals surface area (Å²) < 4.78 is 23.9. The largest absolute Gasteiger partial charge is 0.496 e. The van der Waals surface area contributed by atoms with E-state index in [1.54, 1.807) is 19.2 Å². The fourth-order valence-corrected chi connectivity index (χ4v) is 4.65. The van der Waals surface area contributed by atoms with Crippen LogP contribution < -0.4 is 15.4 Å². The SMILES string of the molecule is CC1CCN(C)CC1.COc1cc(NC(=O)[C@H](CC2CCOCC2)NC(=O)c2ccc(F)cc2)ccc1C.[HH].[HH].[HH]. The van der Waals surface area contributed by atoms with E-state index >= 15 is 0 Å². The van der Waals surface area contributed by atoms with Crippen molar-refractivity contribution >= 4 is 17.5 Å². The first-order chi connectivity index (χ1) is 18.2. The number of halogens is 1. The van der Waals surface area contributed by atoms with Crippen LogP contribution in [0.15, 0.2) is 42.5 Å². The molecule has 0 bridgehead atoms. The summed E-state index contributed by atoms with van der Waals surface area (Å²) in [6.07, 6.45) is 4.99. The van der Waals surface area contributed by atoms with Crippen LogP contribution in [0.1, 0.15) is 59.2 Å². The Hall–Kier alpha value is -2.97. The van der Waals surface area contributed by atoms with E-state index in [0.29, 0.717) is 36.6 Å². The number of piperidine rings is 1. The van der Waals surface area contributed by atoms with E-state index in [4.69, 9.17) is 9.47 Å². The van der Waals surface area contributed by atoms with Crippen LogP contribution >= 0.6 is 0 Å². The van der Waals surface area contributed by atoms with Gasteiger partial charge in [0.2, 0.25) is 5.91 Å². The maximum atomic E-state index is 13.2. The molecule has 0 aliphatic carbocycles. The second-order valence-electron chi connectivity index (χ2n) is 10.5. The monoisotopic (exact) mass is 533 g/mol. The molecule has 1 atom stereocenters. The highest BCUT2D eigenvalue weighted by Crippen LogP contribution is 2.24. The lowest BCUT2D eigenvalue weighted by atomic mass is 9.92. The Morgan fingerprint density at radius 3 is 2.37 bits per heavy atom. The minimum absolute atomic E-state index is 0. The maximum Gasteiger partial charge on any atom is 0.251 e. The number of nitrogens with one attached hydrogen (secondary N) is 2. The van der Waals surface area contributed by atoms with Crippen molar-refractivity contribution in [2.24, 2.45) is 11.8 Å². The topological polar surface area (TPSA) is 79.9 Å². The molecule has 214 valence electrons. The second-order valence-corrected chi connectivity index (χ2v) is 10.5. The van der Waals surface area contributed by atoms with E-state index < -0.39 is 17.8 Å². The van der Waals surface area contributed by atoms with Gasteiger partial charge < -0.3 is 25.0 Å². The Kier molecular flexibility index (Phi) is 11.5. The maximum absolute atomic E-state index is 13.2. The number of anilines is 1. The molecule has 2 N–H and O–H groups in total. The van der Waals surface area contributed by atoms with Crippen LogP contribution in [0.3, 0.4) is 0 Å². The van der Waals surface area contributed by atoms with Crippen molar-refractivity contribution in [2.45, 2.75) is 52.0 Å². The van der Waals surface area contributed by atoms with E-state index in [0.717, 1.165) is 24.3 Å². The number of hydrogen-bond acceptors (Lipinski definition) is 5. The smallest absolute Gasteiger partial charge is 0.251 e. The van der Waals surface area contributed by atoms with Crippen molar-refractivity contribution in [3.63, 3.8) is 0 Å². The first-order valence-electron chi connectivity index (χ1n) is 13.5. The summed E-state index contributed by atoms with van der Waals surface area (Å²) in [4.78, 5) is 28.1. The minimum atomic E-state index is -0.724. The molecule has 0 spiro atoms. The average molecular weight is 534 g/mol. The highest BCUT2D eigenvalue weighted by molar-refractivity contribution is 6.01. The molecule has 8 heteroatoms. The molecule has 0 aromatic heterocycles. The zero-order valence-electron chi connectivity index (χ0n) is 23.1. The Morgan fingerprint density at radius 2 is 1.76 bits per heavy atom. The minimum Gasteiger partial charge on any atom is -0.496 e. The van der Waals surface area contributed by atoms with Crippen LogP contribution in [0.4, 0.5) is 10.1 Å². The number of nitrogens with zero attached hydrogens (tertiary/aromatic N) is 1. The Morgan fingerprint density at radius 1 is 1.11 bits per heavy atom. The number of likely N-dealkylation sites (tertiary alicyclic amines) is 1. The number of aryl methyl sites for hydroxylation is 1. The number of carbonyl (C=O) groups excluding carboxylic acids is 2. The predicted molar refractivity (Wildman–Crippen MR) is 154 cm³/mol. The summed E-state index contributed by atoms with van der Waals surface area (Å²) >= 11 is 0. The number of amides is 2. The standard InChI is InChI=1S/C23H27FN2O4.C7H15N.3H2/c1-15-3-8-19(14-21(15)29-2)25-23(28)20(13-16-9-11-30-12-10-16)26-22(27)17-4-6-18(24)7-5-17;1-7-3-5-8(2)6-4-7;;;/h3-8,14,16,20H,9-13H2,1-2H3,(H,25,28)(H,26,27);7H,3-6H2,1-2H3;3*1H/t20-;;;;/m0..../s1. The third-order valence-electron chi connectivity index (χ3n) is 7.32. The summed E-state index contributed by atoms with van der Waals surface area (Å²) in [5.74, 6) is 0.786. The number of rotatable bonds is 7. The summed E-state index contributed by atoms with van der Waals surface area (Å²) in [5.41, 5.74) is 1.85. The van der Waals surface area contributed by atoms with Gasteiger partial charge in [-0.3, -0.25) is 9.59 Å². The van der Waals surface area contributed by atoms with Gasteiger partial charge in [-0.1, -0.05) is 13.0 Å². The molecule has 2 aliphatic rings. The zero-order chi connectivity index (χ0) is 27.5. The molecule has 2 aromatic carbocycles. The van der Waals surface area contributed by atoms with Crippen molar-refractivity contribution in [3.05, 3.63) is 59.4 Å².